The molecule has 0 spiro atoms. The lowest BCUT2D eigenvalue weighted by atomic mass is 10.0. The molecule has 0 aliphatic carbocycles. The predicted molar refractivity (Wildman–Crippen MR) is 117 cm³/mol. The molecule has 0 N–H and O–H groups in total. The zero-order valence-electron chi connectivity index (χ0n) is 15.9. The van der Waals surface area contributed by atoms with E-state index in [9.17, 15) is 4.79 Å². The van der Waals surface area contributed by atoms with Gasteiger partial charge in [-0.2, -0.15) is 0 Å². The maximum atomic E-state index is 12.9. The number of allylic oxidation sites excluding steroid dienone is 1. The van der Waals surface area contributed by atoms with Crippen molar-refractivity contribution in [2.24, 2.45) is 0 Å². The van der Waals surface area contributed by atoms with Gasteiger partial charge in [0.2, 0.25) is 5.78 Å². The molecule has 3 aromatic carbocycles. The number of ether oxygens (including phenoxy) is 2. The molecule has 2 heterocycles. The van der Waals surface area contributed by atoms with E-state index in [2.05, 4.69) is 4.90 Å². The Hall–Kier alpha value is -2.79. The van der Waals surface area contributed by atoms with E-state index in [1.807, 2.05) is 42.5 Å². The molecule has 30 heavy (non-hydrogen) atoms. The standard InChI is InChI=1S/C24H17Cl2NO3/c25-17-6-3-4-15(10-17)11-22-23(28)18-8-9-21-19(24(18)30-22)13-27(14-29-21)12-16-5-1-2-7-20(16)26/h1-11H,12-14H2/b22-11-. The fourth-order valence-electron chi connectivity index (χ4n) is 3.72. The Kier molecular flexibility index (Phi) is 4.99. The molecule has 2 aliphatic rings. The Morgan fingerprint density at radius 2 is 1.90 bits per heavy atom. The Bertz CT molecular complexity index is 1190. The number of ketones is 1. The molecule has 0 saturated carbocycles. The highest BCUT2D eigenvalue weighted by Gasteiger charge is 2.33. The van der Waals surface area contributed by atoms with Gasteiger partial charge in [0.1, 0.15) is 18.2 Å². The molecule has 0 fully saturated rings. The lowest BCUT2D eigenvalue weighted by molar-refractivity contribution is 0.0873. The molecular weight excluding hydrogens is 421 g/mol. The fraction of sp³-hybridized carbons (Fsp3) is 0.125. The molecule has 0 atom stereocenters. The van der Waals surface area contributed by atoms with Crippen molar-refractivity contribution in [2.45, 2.75) is 13.1 Å². The minimum atomic E-state index is -0.143. The van der Waals surface area contributed by atoms with Gasteiger partial charge in [0.05, 0.1) is 11.1 Å². The second-order valence-electron chi connectivity index (χ2n) is 7.27. The van der Waals surface area contributed by atoms with Gasteiger partial charge in [-0.3, -0.25) is 9.69 Å². The monoisotopic (exact) mass is 437 g/mol. The summed E-state index contributed by atoms with van der Waals surface area (Å²) in [5.74, 6) is 1.44. The van der Waals surface area contributed by atoms with Crippen LogP contribution in [0.3, 0.4) is 0 Å². The first-order chi connectivity index (χ1) is 14.6. The Balaban J connectivity index is 1.44. The van der Waals surface area contributed by atoms with Crippen LogP contribution in [0.4, 0.5) is 0 Å². The van der Waals surface area contributed by atoms with Crippen molar-refractivity contribution >= 4 is 35.1 Å². The van der Waals surface area contributed by atoms with Crippen LogP contribution in [-0.2, 0) is 13.1 Å². The number of benzene rings is 3. The van der Waals surface area contributed by atoms with Crippen molar-refractivity contribution in [1.29, 1.82) is 0 Å². The third-order valence-electron chi connectivity index (χ3n) is 5.18. The maximum Gasteiger partial charge on any atom is 0.231 e. The van der Waals surface area contributed by atoms with Gasteiger partial charge < -0.3 is 9.47 Å². The number of Topliss-reactive ketones (excluding diaryl/α,β-unsaturated/α-hetero) is 1. The van der Waals surface area contributed by atoms with Crippen molar-refractivity contribution in [1.82, 2.24) is 4.90 Å². The minimum absolute atomic E-state index is 0.143. The van der Waals surface area contributed by atoms with Crippen molar-refractivity contribution in [3.8, 4) is 11.5 Å². The normalized spacial score (nSPS) is 16.7. The van der Waals surface area contributed by atoms with Gasteiger partial charge in [-0.1, -0.05) is 53.5 Å². The largest absolute Gasteiger partial charge is 0.478 e. The van der Waals surface area contributed by atoms with Gasteiger partial charge in [0.25, 0.3) is 0 Å². The zero-order chi connectivity index (χ0) is 20.7. The van der Waals surface area contributed by atoms with Crippen LogP contribution >= 0.6 is 23.2 Å². The van der Waals surface area contributed by atoms with E-state index in [1.165, 1.54) is 0 Å². The Labute approximate surface area is 184 Å². The number of halogens is 2. The first-order valence-corrected chi connectivity index (χ1v) is 10.3. The van der Waals surface area contributed by atoms with Crippen LogP contribution in [0, 0.1) is 0 Å². The lowest BCUT2D eigenvalue weighted by Gasteiger charge is -2.30. The Morgan fingerprint density at radius 1 is 1.03 bits per heavy atom. The van der Waals surface area contributed by atoms with Crippen molar-refractivity contribution < 1.29 is 14.3 Å². The first-order valence-electron chi connectivity index (χ1n) is 9.53. The van der Waals surface area contributed by atoms with Crippen LogP contribution < -0.4 is 9.47 Å². The topological polar surface area (TPSA) is 38.8 Å². The summed E-state index contributed by atoms with van der Waals surface area (Å²) < 4.78 is 12.0. The highest BCUT2D eigenvalue weighted by molar-refractivity contribution is 6.31. The zero-order valence-corrected chi connectivity index (χ0v) is 17.4. The van der Waals surface area contributed by atoms with E-state index in [0.717, 1.165) is 27.5 Å². The van der Waals surface area contributed by atoms with E-state index < -0.39 is 0 Å². The number of carbonyl (C=O) groups excluding carboxylic acids is 1. The molecule has 2 aliphatic heterocycles. The molecule has 0 aromatic heterocycles. The van der Waals surface area contributed by atoms with E-state index in [-0.39, 0.29) is 11.5 Å². The number of fused-ring (bicyclic) bond motifs is 3. The molecule has 5 rings (SSSR count). The van der Waals surface area contributed by atoms with Crippen LogP contribution in [0.15, 0.2) is 66.4 Å². The number of carbonyl (C=O) groups is 1. The molecule has 0 saturated heterocycles. The summed E-state index contributed by atoms with van der Waals surface area (Å²) >= 11 is 12.4. The second-order valence-corrected chi connectivity index (χ2v) is 8.11. The molecule has 0 amide bonds. The number of hydrogen-bond acceptors (Lipinski definition) is 4. The number of rotatable bonds is 3. The van der Waals surface area contributed by atoms with E-state index in [4.69, 9.17) is 32.7 Å². The maximum absolute atomic E-state index is 12.9. The molecular formula is C24H17Cl2NO3. The third kappa shape index (κ3) is 3.58. The average Bonchev–Trinajstić information content (AvgIpc) is 3.06. The van der Waals surface area contributed by atoms with E-state index in [0.29, 0.717) is 36.2 Å². The molecule has 4 nitrogen and oxygen atoms in total. The highest BCUT2D eigenvalue weighted by atomic mass is 35.5. The van der Waals surface area contributed by atoms with Gasteiger partial charge in [0.15, 0.2) is 5.76 Å². The van der Waals surface area contributed by atoms with Crippen LogP contribution in [-0.4, -0.2) is 17.4 Å². The summed E-state index contributed by atoms with van der Waals surface area (Å²) in [6, 6.07) is 18.6. The molecule has 0 radical (unpaired) electrons. The summed E-state index contributed by atoms with van der Waals surface area (Å²) in [6.07, 6.45) is 1.71. The quantitative estimate of drug-likeness (QED) is 0.473. The second kappa shape index (κ2) is 7.80. The summed E-state index contributed by atoms with van der Waals surface area (Å²) in [7, 11) is 0. The van der Waals surface area contributed by atoms with Gasteiger partial charge in [-0.05, 0) is 47.5 Å². The molecule has 150 valence electrons. The summed E-state index contributed by atoms with van der Waals surface area (Å²) in [6.45, 7) is 1.68. The fourth-order valence-corrected chi connectivity index (χ4v) is 4.12. The smallest absolute Gasteiger partial charge is 0.231 e. The molecule has 0 unspecified atom stereocenters. The molecule has 6 heteroatoms. The van der Waals surface area contributed by atoms with Gasteiger partial charge in [0, 0.05) is 23.1 Å². The highest BCUT2D eigenvalue weighted by Crippen LogP contribution is 2.42. The minimum Gasteiger partial charge on any atom is -0.478 e. The van der Waals surface area contributed by atoms with Crippen LogP contribution in [0.2, 0.25) is 10.0 Å². The van der Waals surface area contributed by atoms with Crippen LogP contribution in [0.1, 0.15) is 27.0 Å². The van der Waals surface area contributed by atoms with E-state index in [1.54, 1.807) is 24.3 Å². The average molecular weight is 438 g/mol. The van der Waals surface area contributed by atoms with Crippen molar-refractivity contribution in [2.75, 3.05) is 6.73 Å². The predicted octanol–water partition coefficient (Wildman–Crippen LogP) is 5.96. The lowest BCUT2D eigenvalue weighted by Crippen LogP contribution is -2.31. The Morgan fingerprint density at radius 3 is 2.73 bits per heavy atom. The number of hydrogen-bond donors (Lipinski definition) is 0. The summed E-state index contributed by atoms with van der Waals surface area (Å²) in [5, 5.41) is 1.33. The SMILES string of the molecule is O=C1/C(=C/c2cccc(Cl)c2)Oc2c1ccc1c2CN(Cc2ccccc2Cl)CO1. The van der Waals surface area contributed by atoms with Crippen LogP contribution in [0.25, 0.3) is 6.08 Å². The molecule has 0 bridgehead atoms. The van der Waals surface area contributed by atoms with Gasteiger partial charge in [-0.25, -0.2) is 0 Å². The first kappa shape index (κ1) is 19.2. The number of nitrogens with zero attached hydrogens (tertiary/aromatic N) is 1. The van der Waals surface area contributed by atoms with Gasteiger partial charge in [-0.15, -0.1) is 0 Å². The van der Waals surface area contributed by atoms with Crippen LogP contribution in [0.5, 0.6) is 11.5 Å². The van der Waals surface area contributed by atoms with Gasteiger partial charge >= 0.3 is 0 Å². The van der Waals surface area contributed by atoms with Crippen molar-refractivity contribution in [3.63, 3.8) is 0 Å². The van der Waals surface area contributed by atoms with E-state index >= 15 is 0 Å². The summed E-state index contributed by atoms with van der Waals surface area (Å²) in [5.41, 5.74) is 3.25. The summed E-state index contributed by atoms with van der Waals surface area (Å²) in [4.78, 5) is 15.0. The molecule has 3 aromatic rings. The van der Waals surface area contributed by atoms with Crippen molar-refractivity contribution in [3.05, 3.63) is 98.7 Å². The third-order valence-corrected chi connectivity index (χ3v) is 5.78.